The molecular formula is C28H35I4O7S2-. The van der Waals surface area contributed by atoms with Crippen LogP contribution in [0.4, 0.5) is 0 Å². The van der Waals surface area contributed by atoms with Crippen LogP contribution >= 0.6 is 61.2 Å². The van der Waals surface area contributed by atoms with E-state index in [0.717, 1.165) is 11.1 Å². The number of hydrogen-bond acceptors (Lipinski definition) is 6. The van der Waals surface area contributed by atoms with Gasteiger partial charge < -0.3 is 14.9 Å². The number of halogens is 4. The summed E-state index contributed by atoms with van der Waals surface area (Å²) in [5.41, 5.74) is 4.45. The Hall–Kier alpha value is 0.620. The average Bonchev–Trinajstić information content (AvgIpc) is 3.66. The molecule has 2 fully saturated rings. The topological polar surface area (TPSA) is 118 Å². The van der Waals surface area contributed by atoms with E-state index in [1.54, 1.807) is 48.5 Å². The van der Waals surface area contributed by atoms with Crippen molar-refractivity contribution in [3.8, 4) is 0 Å². The first-order valence-corrected chi connectivity index (χ1v) is 28.2. The van der Waals surface area contributed by atoms with Gasteiger partial charge in [0.2, 0.25) is 9.84 Å². The van der Waals surface area contributed by atoms with E-state index >= 15 is 0 Å². The molecule has 2 aromatic carbocycles. The third-order valence-corrected chi connectivity index (χ3v) is 12.0. The fourth-order valence-electron chi connectivity index (χ4n) is 5.41. The first-order valence-electron chi connectivity index (χ1n) is 12.5. The first kappa shape index (κ1) is 37.8. The predicted octanol–water partition coefficient (Wildman–Crippen LogP) is 3.08. The molecule has 4 bridgehead atoms. The minimum absolute atomic E-state index is 0. The summed E-state index contributed by atoms with van der Waals surface area (Å²) in [7, 11) is -6.56. The van der Waals surface area contributed by atoms with Gasteiger partial charge in [-0.3, -0.25) is 0 Å². The molecule has 6 unspecified atom stereocenters. The maximum Gasteiger partial charge on any atom is -0.412 e. The van der Waals surface area contributed by atoms with Crippen molar-refractivity contribution >= 4 is 80.9 Å². The van der Waals surface area contributed by atoms with Gasteiger partial charge in [-0.25, -0.2) is 16.8 Å². The van der Waals surface area contributed by atoms with Crippen molar-refractivity contribution in [2.24, 2.45) is 0 Å². The number of fused-ring (bicyclic) bond motifs is 4. The van der Waals surface area contributed by atoms with Crippen molar-refractivity contribution in [1.29, 1.82) is 0 Å². The first-order chi connectivity index (χ1) is 18.4. The van der Waals surface area contributed by atoms with Crippen LogP contribution in [0.1, 0.15) is 37.8 Å². The number of rotatable bonds is 4. The zero-order valence-corrected chi connectivity index (χ0v) is 33.4. The van der Waals surface area contributed by atoms with Crippen LogP contribution in [0.2, 0.25) is 0 Å². The third kappa shape index (κ3) is 8.46. The minimum Gasteiger partial charge on any atom is -0.412 e. The zero-order valence-electron chi connectivity index (χ0n) is 23.0. The van der Waals surface area contributed by atoms with Gasteiger partial charge in [-0.15, -0.1) is 24.0 Å². The van der Waals surface area contributed by atoms with E-state index in [0.29, 0.717) is 35.9 Å². The van der Waals surface area contributed by atoms with Crippen molar-refractivity contribution in [2.75, 3.05) is 0 Å². The van der Waals surface area contributed by atoms with Crippen LogP contribution in [-0.4, -0.2) is 57.2 Å². The van der Waals surface area contributed by atoms with Gasteiger partial charge in [0.05, 0.1) is 44.7 Å². The van der Waals surface area contributed by atoms with Gasteiger partial charge in [-0.2, -0.15) is 0 Å². The van der Waals surface area contributed by atoms with Gasteiger partial charge in [-0.1, -0.05) is 47.5 Å². The van der Waals surface area contributed by atoms with E-state index in [-0.39, 0.29) is 64.4 Å². The molecule has 0 saturated carbocycles. The maximum absolute atomic E-state index is 12.8. The molecule has 6 rings (SSSR count). The fraction of sp³-hybridized carbons (Fsp3) is 0.429. The second-order valence-corrected chi connectivity index (χ2v) is 30.9. The predicted molar refractivity (Wildman–Crippen MR) is 185 cm³/mol. The normalized spacial score (nSPS) is 27.4. The summed E-state index contributed by atoms with van der Waals surface area (Å²) in [4.78, 5) is 0.680. The Labute approximate surface area is 290 Å². The van der Waals surface area contributed by atoms with Crippen LogP contribution < -0.4 is 13.3 Å². The Morgan fingerprint density at radius 1 is 0.683 bits per heavy atom. The number of aryl methyl sites for hydroxylation is 2. The van der Waals surface area contributed by atoms with Crippen LogP contribution in [0.15, 0.2) is 81.6 Å². The van der Waals surface area contributed by atoms with E-state index in [1.165, 1.54) is 11.1 Å². The van der Waals surface area contributed by atoms with Crippen LogP contribution in [0.25, 0.3) is 0 Å². The molecule has 4 aliphatic rings. The van der Waals surface area contributed by atoms with Gasteiger partial charge >= 0.3 is 50.5 Å². The standard InChI is InChI=1S/C14H18O4S.C14H14O2S.I3.HI.H2O/c1-7-3-11-13(5-9(7)17-11)19(15,16)14-6-10-8(2)4-12(14)18-10;1-11-3-7-13(8-4-11)17(15,16)14-9-5-12(2)6-10-14;1-3-2;;/h3-4,9-14H,5-6H2,1-2H3;3-10H,1-2H3;;1H;1H2/q;;-1;;. The summed E-state index contributed by atoms with van der Waals surface area (Å²) in [5.74, 6) is 0. The second kappa shape index (κ2) is 15.8. The molecule has 0 spiro atoms. The molecular weight excluding hydrogens is 1020 g/mol. The van der Waals surface area contributed by atoms with E-state index in [2.05, 4.69) is 37.2 Å². The van der Waals surface area contributed by atoms with Gasteiger partial charge in [0, 0.05) is 0 Å². The number of sulfone groups is 2. The monoisotopic (exact) mass is 1050 g/mol. The Morgan fingerprint density at radius 2 is 1.00 bits per heavy atom. The number of benzene rings is 2. The summed E-state index contributed by atoms with van der Waals surface area (Å²) >= 11 is 5.30. The van der Waals surface area contributed by atoms with Crippen molar-refractivity contribution in [2.45, 2.75) is 85.2 Å². The Morgan fingerprint density at radius 3 is 1.24 bits per heavy atom. The van der Waals surface area contributed by atoms with Crippen LogP contribution in [0.5, 0.6) is 0 Å². The fourth-order valence-corrected chi connectivity index (χ4v) is 9.04. The largest absolute Gasteiger partial charge is 0.412 e. The molecule has 2 aromatic rings. The van der Waals surface area contributed by atoms with Crippen LogP contribution in [-0.2, 0) is 29.1 Å². The summed E-state index contributed by atoms with van der Waals surface area (Å²) in [6.07, 6.45) is 4.75. The number of ether oxygens (including phenoxy) is 2. The molecule has 230 valence electrons. The molecule has 13 heteroatoms. The smallest absolute Gasteiger partial charge is 0.412 e. The van der Waals surface area contributed by atoms with Gasteiger partial charge in [0.25, 0.3) is 0 Å². The molecule has 0 amide bonds. The van der Waals surface area contributed by atoms with E-state index < -0.39 is 19.7 Å². The second-order valence-electron chi connectivity index (χ2n) is 10.3. The van der Waals surface area contributed by atoms with Gasteiger partial charge in [0.15, 0.2) is 9.84 Å². The maximum atomic E-state index is 12.8. The summed E-state index contributed by atoms with van der Waals surface area (Å²) in [6, 6.07) is 13.8. The molecule has 0 radical (unpaired) electrons. The van der Waals surface area contributed by atoms with E-state index in [9.17, 15) is 16.8 Å². The average molecular weight is 1060 g/mol. The minimum atomic E-state index is -3.37. The van der Waals surface area contributed by atoms with Gasteiger partial charge in [-0.05, 0) is 75.9 Å². The summed E-state index contributed by atoms with van der Waals surface area (Å²) in [5, 5.41) is -0.745. The molecule has 2 N–H and O–H groups in total. The molecule has 6 atom stereocenters. The zero-order chi connectivity index (χ0) is 28.5. The molecule has 2 saturated heterocycles. The number of hydrogen-bond donors (Lipinski definition) is 0. The van der Waals surface area contributed by atoms with Crippen molar-refractivity contribution in [3.63, 3.8) is 0 Å². The molecule has 4 heterocycles. The van der Waals surface area contributed by atoms with Crippen LogP contribution in [0, 0.1) is 13.8 Å². The summed E-state index contributed by atoms with van der Waals surface area (Å²) < 4.78 is 61.6. The Balaban J connectivity index is 0.000000252. The molecule has 7 nitrogen and oxygen atoms in total. The summed E-state index contributed by atoms with van der Waals surface area (Å²) in [6.45, 7) is 7.89. The molecule has 0 aliphatic carbocycles. The van der Waals surface area contributed by atoms with E-state index in [4.69, 9.17) is 9.47 Å². The molecule has 0 aromatic heterocycles. The Bertz CT molecular complexity index is 1360. The molecule has 41 heavy (non-hydrogen) atoms. The Kier molecular flexibility index (Phi) is 14.5. The van der Waals surface area contributed by atoms with Crippen molar-refractivity contribution < 1.29 is 45.0 Å². The van der Waals surface area contributed by atoms with Crippen molar-refractivity contribution in [3.05, 3.63) is 83.0 Å². The quantitative estimate of drug-likeness (QED) is 0.344. The van der Waals surface area contributed by atoms with Crippen molar-refractivity contribution in [1.82, 2.24) is 0 Å². The van der Waals surface area contributed by atoms with E-state index in [1.807, 2.05) is 39.8 Å². The molecule has 4 aliphatic heterocycles. The van der Waals surface area contributed by atoms with Crippen LogP contribution in [0.3, 0.4) is 0 Å². The third-order valence-electron chi connectivity index (χ3n) is 7.65. The SMILES string of the molecule is CC1=CC2OC1CC2S(=O)(=O)C1CC2OC1C=C2C.Cc1ccc(S(=O)(=O)c2ccc(C)cc2)cc1.I.I[I-]I.O. The van der Waals surface area contributed by atoms with Gasteiger partial charge in [0.1, 0.15) is 0 Å².